The van der Waals surface area contributed by atoms with E-state index in [4.69, 9.17) is 9.47 Å². The Labute approximate surface area is 113 Å². The SMILES string of the molecule is CCOC(=O)c1cc(Br)c2cccnc2c1OC. The zero-order valence-electron chi connectivity index (χ0n) is 10.1. The Balaban J connectivity index is 2.71. The molecule has 94 valence electrons. The van der Waals surface area contributed by atoms with Crippen molar-refractivity contribution in [3.8, 4) is 5.75 Å². The first-order valence-corrected chi connectivity index (χ1v) is 6.26. The van der Waals surface area contributed by atoms with Gasteiger partial charge in [-0.3, -0.25) is 4.98 Å². The first kappa shape index (κ1) is 12.8. The van der Waals surface area contributed by atoms with Gasteiger partial charge in [-0.2, -0.15) is 0 Å². The summed E-state index contributed by atoms with van der Waals surface area (Å²) in [6, 6.07) is 5.43. The second-order valence-electron chi connectivity index (χ2n) is 3.56. The number of hydrogen-bond acceptors (Lipinski definition) is 4. The molecule has 2 aromatic rings. The molecule has 0 fully saturated rings. The minimum absolute atomic E-state index is 0.319. The number of pyridine rings is 1. The van der Waals surface area contributed by atoms with Crippen molar-refractivity contribution in [2.24, 2.45) is 0 Å². The van der Waals surface area contributed by atoms with E-state index in [-0.39, 0.29) is 0 Å². The van der Waals surface area contributed by atoms with E-state index >= 15 is 0 Å². The average Bonchev–Trinajstić information content (AvgIpc) is 2.39. The number of carbonyl (C=O) groups is 1. The Morgan fingerprint density at radius 3 is 2.94 bits per heavy atom. The molecule has 0 aliphatic carbocycles. The highest BCUT2D eigenvalue weighted by atomic mass is 79.9. The Kier molecular flexibility index (Phi) is 3.81. The highest BCUT2D eigenvalue weighted by Crippen LogP contribution is 2.34. The third-order valence-electron chi connectivity index (χ3n) is 2.50. The van der Waals surface area contributed by atoms with Gasteiger partial charge in [0.1, 0.15) is 11.1 Å². The molecule has 1 heterocycles. The molecule has 4 nitrogen and oxygen atoms in total. The van der Waals surface area contributed by atoms with Crippen molar-refractivity contribution in [3.63, 3.8) is 0 Å². The van der Waals surface area contributed by atoms with Crippen molar-refractivity contribution < 1.29 is 14.3 Å². The molecule has 0 spiro atoms. The summed E-state index contributed by atoms with van der Waals surface area (Å²) in [4.78, 5) is 16.1. The van der Waals surface area contributed by atoms with Gasteiger partial charge in [0, 0.05) is 16.1 Å². The van der Waals surface area contributed by atoms with E-state index in [1.54, 1.807) is 19.2 Å². The van der Waals surface area contributed by atoms with Gasteiger partial charge in [-0.15, -0.1) is 0 Å². The number of benzene rings is 1. The van der Waals surface area contributed by atoms with Crippen LogP contribution < -0.4 is 4.74 Å². The molecule has 2 rings (SSSR count). The lowest BCUT2D eigenvalue weighted by Crippen LogP contribution is -2.07. The third-order valence-corrected chi connectivity index (χ3v) is 3.15. The molecule has 0 amide bonds. The smallest absolute Gasteiger partial charge is 0.342 e. The number of aromatic nitrogens is 1. The van der Waals surface area contributed by atoms with Crippen LogP contribution in [0.25, 0.3) is 10.9 Å². The number of rotatable bonds is 3. The molecule has 0 unspecified atom stereocenters. The third kappa shape index (κ3) is 2.18. The van der Waals surface area contributed by atoms with Crippen LogP contribution in [0.3, 0.4) is 0 Å². The zero-order valence-corrected chi connectivity index (χ0v) is 11.7. The molecule has 0 aliphatic rings. The summed E-state index contributed by atoms with van der Waals surface area (Å²) in [5.74, 6) is 0.0230. The largest absolute Gasteiger partial charge is 0.494 e. The first-order chi connectivity index (χ1) is 8.69. The summed E-state index contributed by atoms with van der Waals surface area (Å²) in [5.41, 5.74) is 1.01. The van der Waals surface area contributed by atoms with Crippen LogP contribution in [-0.2, 0) is 4.74 Å². The molecule has 0 bridgehead atoms. The lowest BCUT2D eigenvalue weighted by molar-refractivity contribution is 0.0523. The maximum Gasteiger partial charge on any atom is 0.342 e. The van der Waals surface area contributed by atoms with Gasteiger partial charge in [0.2, 0.25) is 0 Å². The van der Waals surface area contributed by atoms with E-state index in [0.29, 0.717) is 23.4 Å². The fourth-order valence-electron chi connectivity index (χ4n) is 1.74. The monoisotopic (exact) mass is 309 g/mol. The molecular formula is C13H12BrNO3. The number of ether oxygens (including phenoxy) is 2. The highest BCUT2D eigenvalue weighted by molar-refractivity contribution is 9.10. The fourth-order valence-corrected chi connectivity index (χ4v) is 2.29. The van der Waals surface area contributed by atoms with Crippen LogP contribution in [0.4, 0.5) is 0 Å². The molecule has 0 radical (unpaired) electrons. The Morgan fingerprint density at radius 1 is 1.50 bits per heavy atom. The van der Waals surface area contributed by atoms with Crippen LogP contribution in [0.1, 0.15) is 17.3 Å². The molecular weight excluding hydrogens is 298 g/mol. The van der Waals surface area contributed by atoms with E-state index < -0.39 is 5.97 Å². The lowest BCUT2D eigenvalue weighted by Gasteiger charge is -2.11. The van der Waals surface area contributed by atoms with E-state index in [0.717, 1.165) is 9.86 Å². The second-order valence-corrected chi connectivity index (χ2v) is 4.41. The quantitative estimate of drug-likeness (QED) is 0.817. The van der Waals surface area contributed by atoms with Gasteiger partial charge in [-0.05, 0) is 19.1 Å². The van der Waals surface area contributed by atoms with Crippen molar-refractivity contribution >= 4 is 32.8 Å². The van der Waals surface area contributed by atoms with Gasteiger partial charge in [-0.25, -0.2) is 4.79 Å². The normalized spacial score (nSPS) is 10.4. The second kappa shape index (κ2) is 5.35. The van der Waals surface area contributed by atoms with Crippen molar-refractivity contribution in [3.05, 3.63) is 34.4 Å². The van der Waals surface area contributed by atoms with Gasteiger partial charge >= 0.3 is 5.97 Å². The summed E-state index contributed by atoms with van der Waals surface area (Å²) < 4.78 is 11.1. The standard InChI is InChI=1S/C13H12BrNO3/c1-3-18-13(16)9-7-10(14)8-5-4-6-15-11(8)12(9)17-2/h4-7H,3H2,1-2H3. The zero-order chi connectivity index (χ0) is 13.1. The van der Waals surface area contributed by atoms with E-state index in [9.17, 15) is 4.79 Å². The van der Waals surface area contributed by atoms with Crippen LogP contribution in [0.2, 0.25) is 0 Å². The van der Waals surface area contributed by atoms with Crippen molar-refractivity contribution in [2.75, 3.05) is 13.7 Å². The number of hydrogen-bond donors (Lipinski definition) is 0. The van der Waals surface area contributed by atoms with Crippen LogP contribution in [-0.4, -0.2) is 24.7 Å². The Bertz CT molecular complexity index is 598. The topological polar surface area (TPSA) is 48.4 Å². The fraction of sp³-hybridized carbons (Fsp3) is 0.231. The predicted molar refractivity (Wildman–Crippen MR) is 72.0 cm³/mol. The molecule has 18 heavy (non-hydrogen) atoms. The van der Waals surface area contributed by atoms with Gasteiger partial charge < -0.3 is 9.47 Å². The van der Waals surface area contributed by atoms with Gasteiger partial charge in [0.05, 0.1) is 13.7 Å². The Hall–Kier alpha value is -1.62. The molecule has 0 saturated heterocycles. The number of nitrogens with zero attached hydrogens (tertiary/aromatic N) is 1. The minimum atomic E-state index is -0.414. The summed E-state index contributed by atoms with van der Waals surface area (Å²) in [5, 5.41) is 0.891. The molecule has 1 aromatic heterocycles. The summed E-state index contributed by atoms with van der Waals surface area (Å²) >= 11 is 3.43. The lowest BCUT2D eigenvalue weighted by atomic mass is 10.1. The number of carbonyl (C=O) groups excluding carboxylic acids is 1. The number of fused-ring (bicyclic) bond motifs is 1. The highest BCUT2D eigenvalue weighted by Gasteiger charge is 2.19. The van der Waals surface area contributed by atoms with Gasteiger partial charge in [0.15, 0.2) is 5.75 Å². The summed E-state index contributed by atoms with van der Waals surface area (Å²) in [6.45, 7) is 2.08. The molecule has 5 heteroatoms. The summed E-state index contributed by atoms with van der Waals surface area (Å²) in [6.07, 6.45) is 1.66. The number of halogens is 1. The van der Waals surface area contributed by atoms with E-state index in [2.05, 4.69) is 20.9 Å². The maximum atomic E-state index is 11.9. The van der Waals surface area contributed by atoms with E-state index in [1.165, 1.54) is 7.11 Å². The number of methoxy groups -OCH3 is 1. The van der Waals surface area contributed by atoms with Crippen molar-refractivity contribution in [1.29, 1.82) is 0 Å². The molecule has 0 N–H and O–H groups in total. The number of esters is 1. The van der Waals surface area contributed by atoms with Gasteiger partial charge in [0.25, 0.3) is 0 Å². The van der Waals surface area contributed by atoms with Crippen molar-refractivity contribution in [1.82, 2.24) is 4.98 Å². The van der Waals surface area contributed by atoms with Crippen LogP contribution in [0.15, 0.2) is 28.9 Å². The minimum Gasteiger partial charge on any atom is -0.494 e. The van der Waals surface area contributed by atoms with Crippen LogP contribution in [0.5, 0.6) is 5.75 Å². The van der Waals surface area contributed by atoms with E-state index in [1.807, 2.05) is 12.1 Å². The van der Waals surface area contributed by atoms with Crippen molar-refractivity contribution in [2.45, 2.75) is 6.92 Å². The predicted octanol–water partition coefficient (Wildman–Crippen LogP) is 3.18. The molecule has 0 aliphatic heterocycles. The van der Waals surface area contributed by atoms with Crippen LogP contribution >= 0.6 is 15.9 Å². The molecule has 0 saturated carbocycles. The maximum absolute atomic E-state index is 11.9. The molecule has 1 aromatic carbocycles. The summed E-state index contributed by atoms with van der Waals surface area (Å²) in [7, 11) is 1.51. The van der Waals surface area contributed by atoms with Crippen LogP contribution in [0, 0.1) is 0 Å². The first-order valence-electron chi connectivity index (χ1n) is 5.47. The average molecular weight is 310 g/mol. The Morgan fingerprint density at radius 2 is 2.28 bits per heavy atom. The van der Waals surface area contributed by atoms with Gasteiger partial charge in [-0.1, -0.05) is 22.0 Å². The molecule has 0 atom stereocenters.